The van der Waals surface area contributed by atoms with Gasteiger partial charge in [-0.25, -0.2) is 0 Å². The number of nitrogens with two attached hydrogens (primary N) is 1. The van der Waals surface area contributed by atoms with Gasteiger partial charge >= 0.3 is 0 Å². The topological polar surface area (TPSA) is 64.2 Å². The standard InChI is InChI=1S/C13H22N4O/c1-4-17-8-11(12(15-17)9(2)3)13(18)16-6-5-10(14)7-16/h8-10H,4-7,14H2,1-3H3/t10-/m0/s1. The van der Waals surface area contributed by atoms with Crippen molar-refractivity contribution < 1.29 is 4.79 Å². The Morgan fingerprint density at radius 1 is 1.61 bits per heavy atom. The van der Waals surface area contributed by atoms with E-state index < -0.39 is 0 Å². The summed E-state index contributed by atoms with van der Waals surface area (Å²) >= 11 is 0. The SMILES string of the molecule is CCn1cc(C(=O)N2CC[C@H](N)C2)c(C(C)C)n1. The van der Waals surface area contributed by atoms with Gasteiger partial charge < -0.3 is 10.6 Å². The zero-order valence-electron chi connectivity index (χ0n) is 11.4. The molecule has 0 spiro atoms. The van der Waals surface area contributed by atoms with Gasteiger partial charge in [0.2, 0.25) is 0 Å². The van der Waals surface area contributed by atoms with Crippen molar-refractivity contribution in [2.24, 2.45) is 5.73 Å². The smallest absolute Gasteiger partial charge is 0.257 e. The molecule has 0 saturated carbocycles. The van der Waals surface area contributed by atoms with Gasteiger partial charge in [0, 0.05) is 31.9 Å². The molecule has 18 heavy (non-hydrogen) atoms. The zero-order valence-corrected chi connectivity index (χ0v) is 11.4. The fourth-order valence-corrected chi connectivity index (χ4v) is 2.33. The van der Waals surface area contributed by atoms with Crippen LogP contribution in [0, 0.1) is 0 Å². The Morgan fingerprint density at radius 3 is 2.83 bits per heavy atom. The fraction of sp³-hybridized carbons (Fsp3) is 0.692. The second-order valence-corrected chi connectivity index (χ2v) is 5.24. The molecule has 2 N–H and O–H groups in total. The molecule has 100 valence electrons. The molecule has 1 aromatic heterocycles. The predicted molar refractivity (Wildman–Crippen MR) is 70.5 cm³/mol. The normalized spacial score (nSPS) is 19.8. The Kier molecular flexibility index (Phi) is 3.71. The average Bonchev–Trinajstić information content (AvgIpc) is 2.93. The molecule has 1 saturated heterocycles. The highest BCUT2D eigenvalue weighted by Crippen LogP contribution is 2.21. The van der Waals surface area contributed by atoms with Gasteiger partial charge in [0.05, 0.1) is 11.3 Å². The number of nitrogens with zero attached hydrogens (tertiary/aromatic N) is 3. The van der Waals surface area contributed by atoms with Gasteiger partial charge in [-0.05, 0) is 19.3 Å². The lowest BCUT2D eigenvalue weighted by atomic mass is 10.1. The third kappa shape index (κ3) is 2.41. The monoisotopic (exact) mass is 250 g/mol. The lowest BCUT2D eigenvalue weighted by molar-refractivity contribution is 0.0789. The molecule has 1 aliphatic rings. The summed E-state index contributed by atoms with van der Waals surface area (Å²) < 4.78 is 1.83. The molecule has 2 heterocycles. The van der Waals surface area contributed by atoms with Crippen LogP contribution in [-0.2, 0) is 6.54 Å². The van der Waals surface area contributed by atoms with Crippen LogP contribution in [0.25, 0.3) is 0 Å². The summed E-state index contributed by atoms with van der Waals surface area (Å²) in [5.41, 5.74) is 7.48. The quantitative estimate of drug-likeness (QED) is 0.876. The van der Waals surface area contributed by atoms with Crippen LogP contribution >= 0.6 is 0 Å². The number of carbonyl (C=O) groups is 1. The molecule has 1 aromatic rings. The van der Waals surface area contributed by atoms with E-state index in [0.29, 0.717) is 6.54 Å². The highest BCUT2D eigenvalue weighted by Gasteiger charge is 2.28. The van der Waals surface area contributed by atoms with Gasteiger partial charge in [0.25, 0.3) is 5.91 Å². The van der Waals surface area contributed by atoms with Gasteiger partial charge in [0.1, 0.15) is 0 Å². The Hall–Kier alpha value is -1.36. The molecule has 0 aromatic carbocycles. The molecule has 1 aliphatic heterocycles. The number of rotatable bonds is 3. The number of aryl methyl sites for hydroxylation is 1. The minimum atomic E-state index is 0.0753. The van der Waals surface area contributed by atoms with Crippen molar-refractivity contribution in [2.75, 3.05) is 13.1 Å². The lowest BCUT2D eigenvalue weighted by Crippen LogP contribution is -2.32. The number of hydrogen-bond donors (Lipinski definition) is 1. The molecule has 1 atom stereocenters. The lowest BCUT2D eigenvalue weighted by Gasteiger charge is -2.16. The number of carbonyl (C=O) groups excluding carboxylic acids is 1. The average molecular weight is 250 g/mol. The van der Waals surface area contributed by atoms with Gasteiger partial charge in [-0.15, -0.1) is 0 Å². The van der Waals surface area contributed by atoms with Gasteiger partial charge in [0.15, 0.2) is 0 Å². The maximum atomic E-state index is 12.5. The zero-order chi connectivity index (χ0) is 13.3. The molecule has 0 unspecified atom stereocenters. The van der Waals surface area contributed by atoms with Crippen molar-refractivity contribution in [3.63, 3.8) is 0 Å². The van der Waals surface area contributed by atoms with Gasteiger partial charge in [-0.2, -0.15) is 5.10 Å². The van der Waals surface area contributed by atoms with E-state index in [2.05, 4.69) is 18.9 Å². The predicted octanol–water partition coefficient (Wildman–Crippen LogP) is 1.20. The first-order valence-corrected chi connectivity index (χ1v) is 6.65. The Bertz CT molecular complexity index is 438. The Morgan fingerprint density at radius 2 is 2.33 bits per heavy atom. The van der Waals surface area contributed by atoms with E-state index in [4.69, 9.17) is 5.73 Å². The highest BCUT2D eigenvalue weighted by atomic mass is 16.2. The van der Waals surface area contributed by atoms with E-state index in [1.54, 1.807) is 0 Å². The van der Waals surface area contributed by atoms with Crippen LogP contribution in [0.15, 0.2) is 6.20 Å². The summed E-state index contributed by atoms with van der Waals surface area (Å²) in [6.45, 7) is 8.36. The summed E-state index contributed by atoms with van der Waals surface area (Å²) in [7, 11) is 0. The first kappa shape index (κ1) is 13.1. The molecule has 1 fully saturated rings. The molecule has 0 aliphatic carbocycles. The highest BCUT2D eigenvalue weighted by molar-refractivity contribution is 5.95. The number of amides is 1. The molecule has 2 rings (SSSR count). The van der Waals surface area contributed by atoms with Crippen LogP contribution in [0.5, 0.6) is 0 Å². The van der Waals surface area contributed by atoms with Crippen molar-refractivity contribution >= 4 is 5.91 Å². The third-order valence-electron chi connectivity index (χ3n) is 3.40. The number of aromatic nitrogens is 2. The van der Waals surface area contributed by atoms with Gasteiger partial charge in [-0.3, -0.25) is 9.48 Å². The fourth-order valence-electron chi connectivity index (χ4n) is 2.33. The van der Waals surface area contributed by atoms with Crippen LogP contribution in [0.3, 0.4) is 0 Å². The molecule has 0 radical (unpaired) electrons. The maximum Gasteiger partial charge on any atom is 0.257 e. The largest absolute Gasteiger partial charge is 0.337 e. The van der Waals surface area contributed by atoms with Crippen LogP contribution in [0.4, 0.5) is 0 Å². The number of hydrogen-bond acceptors (Lipinski definition) is 3. The van der Waals surface area contributed by atoms with Crippen LogP contribution in [0.1, 0.15) is 49.2 Å². The van der Waals surface area contributed by atoms with E-state index >= 15 is 0 Å². The van der Waals surface area contributed by atoms with Crippen molar-refractivity contribution in [1.29, 1.82) is 0 Å². The minimum Gasteiger partial charge on any atom is -0.337 e. The first-order chi connectivity index (χ1) is 8.52. The molecule has 1 amide bonds. The summed E-state index contributed by atoms with van der Waals surface area (Å²) in [6, 6.07) is 0.123. The molecule has 5 heteroatoms. The van der Waals surface area contributed by atoms with Crippen LogP contribution in [0.2, 0.25) is 0 Å². The van der Waals surface area contributed by atoms with Crippen molar-refractivity contribution in [3.8, 4) is 0 Å². The van der Waals surface area contributed by atoms with Crippen LogP contribution < -0.4 is 5.73 Å². The van der Waals surface area contributed by atoms with E-state index in [0.717, 1.165) is 30.8 Å². The summed E-state index contributed by atoms with van der Waals surface area (Å²) in [6.07, 6.45) is 2.76. The van der Waals surface area contributed by atoms with E-state index in [-0.39, 0.29) is 17.9 Å². The Balaban J connectivity index is 2.26. The molecule has 5 nitrogen and oxygen atoms in total. The third-order valence-corrected chi connectivity index (χ3v) is 3.40. The first-order valence-electron chi connectivity index (χ1n) is 6.65. The molecular weight excluding hydrogens is 228 g/mol. The van der Waals surface area contributed by atoms with Gasteiger partial charge in [-0.1, -0.05) is 13.8 Å². The summed E-state index contributed by atoms with van der Waals surface area (Å²) in [4.78, 5) is 14.3. The minimum absolute atomic E-state index is 0.0753. The second-order valence-electron chi connectivity index (χ2n) is 5.24. The summed E-state index contributed by atoms with van der Waals surface area (Å²) in [5, 5.41) is 4.48. The van der Waals surface area contributed by atoms with Crippen LogP contribution in [-0.4, -0.2) is 39.7 Å². The molecule has 0 bridgehead atoms. The second kappa shape index (κ2) is 5.10. The van der Waals surface area contributed by atoms with Crippen molar-refractivity contribution in [2.45, 2.75) is 45.7 Å². The van der Waals surface area contributed by atoms with E-state index in [1.165, 1.54) is 0 Å². The molecular formula is C13H22N4O. The van der Waals surface area contributed by atoms with Crippen molar-refractivity contribution in [3.05, 3.63) is 17.5 Å². The van der Waals surface area contributed by atoms with E-state index in [9.17, 15) is 4.79 Å². The summed E-state index contributed by atoms with van der Waals surface area (Å²) in [5.74, 6) is 0.333. The Labute approximate surface area is 108 Å². The van der Waals surface area contributed by atoms with E-state index in [1.807, 2.05) is 22.7 Å². The van der Waals surface area contributed by atoms with Crippen molar-refractivity contribution in [1.82, 2.24) is 14.7 Å². The number of likely N-dealkylation sites (tertiary alicyclic amines) is 1. The maximum absolute atomic E-state index is 12.5.